The van der Waals surface area contributed by atoms with Crippen LogP contribution in [0.2, 0.25) is 0 Å². The zero-order valence-electron chi connectivity index (χ0n) is 8.52. The van der Waals surface area contributed by atoms with Crippen LogP contribution in [0.1, 0.15) is 24.0 Å². The first-order chi connectivity index (χ1) is 7.33. The molecule has 2 unspecified atom stereocenters. The number of carbonyl (C=O) groups is 1. The minimum atomic E-state index is 0.246. The Morgan fingerprint density at radius 1 is 1.47 bits per heavy atom. The highest BCUT2D eigenvalue weighted by Crippen LogP contribution is 2.35. The third-order valence-electron chi connectivity index (χ3n) is 3.21. The van der Waals surface area contributed by atoms with E-state index in [1.54, 1.807) is 0 Å². The van der Waals surface area contributed by atoms with Crippen LogP contribution in [0.3, 0.4) is 0 Å². The number of benzene rings is 1. The van der Waals surface area contributed by atoms with E-state index >= 15 is 0 Å². The molecule has 1 aromatic carbocycles. The predicted octanol–water partition coefficient (Wildman–Crippen LogP) is 2.33. The van der Waals surface area contributed by atoms with Gasteiger partial charge in [-0.3, -0.25) is 0 Å². The van der Waals surface area contributed by atoms with Crippen LogP contribution in [0.25, 0.3) is 0 Å². The number of aldehydes is 1. The smallest absolute Gasteiger partial charge is 0.123 e. The van der Waals surface area contributed by atoms with Gasteiger partial charge >= 0.3 is 0 Å². The van der Waals surface area contributed by atoms with Gasteiger partial charge < -0.3 is 4.79 Å². The lowest BCUT2D eigenvalue weighted by molar-refractivity contribution is -0.115. The Bertz CT molecular complexity index is 405. The van der Waals surface area contributed by atoms with E-state index in [4.69, 9.17) is 5.26 Å². The Kier molecular flexibility index (Phi) is 2.82. The fourth-order valence-corrected chi connectivity index (χ4v) is 2.10. The Morgan fingerprint density at radius 2 is 2.33 bits per heavy atom. The third kappa shape index (κ3) is 2.07. The molecule has 0 N–H and O–H groups in total. The summed E-state index contributed by atoms with van der Waals surface area (Å²) in [7, 11) is 0. The van der Waals surface area contributed by atoms with E-state index in [2.05, 4.69) is 6.07 Å². The summed E-state index contributed by atoms with van der Waals surface area (Å²) in [4.78, 5) is 10.7. The Morgan fingerprint density at radius 3 is 2.93 bits per heavy atom. The molecule has 1 aromatic rings. The van der Waals surface area contributed by atoms with Gasteiger partial charge in [-0.15, -0.1) is 0 Å². The van der Waals surface area contributed by atoms with Crippen LogP contribution < -0.4 is 0 Å². The number of rotatable bonds is 3. The van der Waals surface area contributed by atoms with Crippen molar-refractivity contribution in [2.45, 2.75) is 19.3 Å². The highest BCUT2D eigenvalue weighted by atomic mass is 16.1. The lowest BCUT2D eigenvalue weighted by Crippen LogP contribution is -2.28. The third-order valence-corrected chi connectivity index (χ3v) is 3.21. The molecule has 0 heterocycles. The van der Waals surface area contributed by atoms with E-state index in [1.165, 1.54) is 5.56 Å². The summed E-state index contributed by atoms with van der Waals surface area (Å²) in [5.41, 5.74) is 1.88. The van der Waals surface area contributed by atoms with Gasteiger partial charge in [-0.1, -0.05) is 12.1 Å². The quantitative estimate of drug-likeness (QED) is 0.701. The molecule has 0 spiro atoms. The van der Waals surface area contributed by atoms with Crippen molar-refractivity contribution in [2.75, 3.05) is 0 Å². The van der Waals surface area contributed by atoms with Crippen molar-refractivity contribution in [2.24, 2.45) is 11.8 Å². The summed E-state index contributed by atoms with van der Waals surface area (Å²) in [6.45, 7) is 0. The van der Waals surface area contributed by atoms with E-state index in [-0.39, 0.29) is 5.92 Å². The van der Waals surface area contributed by atoms with Crippen LogP contribution in [-0.2, 0) is 11.2 Å². The fraction of sp³-hybridized carbons (Fsp3) is 0.385. The van der Waals surface area contributed by atoms with Crippen LogP contribution >= 0.6 is 0 Å². The average molecular weight is 199 g/mol. The molecule has 2 heteroatoms. The predicted molar refractivity (Wildman–Crippen MR) is 57.1 cm³/mol. The van der Waals surface area contributed by atoms with Crippen LogP contribution in [0, 0.1) is 23.2 Å². The first kappa shape index (κ1) is 9.92. The summed E-state index contributed by atoms with van der Waals surface area (Å²) in [6, 6.07) is 9.79. The standard InChI is InChI=1S/C13H13NO/c14-8-11-3-1-2-10(6-11)7-12-4-5-13(12)9-15/h1-3,6,9,12-13H,4-5,7H2. The molecule has 2 rings (SSSR count). The highest BCUT2D eigenvalue weighted by Gasteiger charge is 2.30. The van der Waals surface area contributed by atoms with Gasteiger partial charge in [0.25, 0.3) is 0 Å². The number of hydrogen-bond acceptors (Lipinski definition) is 2. The number of carbonyl (C=O) groups excluding carboxylic acids is 1. The van der Waals surface area contributed by atoms with Crippen molar-refractivity contribution >= 4 is 6.29 Å². The van der Waals surface area contributed by atoms with Gasteiger partial charge in [-0.05, 0) is 42.9 Å². The summed E-state index contributed by atoms with van der Waals surface area (Å²) < 4.78 is 0. The zero-order chi connectivity index (χ0) is 10.7. The Balaban J connectivity index is 2.05. The molecule has 2 atom stereocenters. The molecular formula is C13H13NO. The normalized spacial score (nSPS) is 23.9. The maximum Gasteiger partial charge on any atom is 0.123 e. The summed E-state index contributed by atoms with van der Waals surface area (Å²) in [5.74, 6) is 0.743. The van der Waals surface area contributed by atoms with Gasteiger partial charge in [-0.25, -0.2) is 0 Å². The second-order valence-corrected chi connectivity index (χ2v) is 4.15. The molecular weight excluding hydrogens is 186 g/mol. The molecule has 2 nitrogen and oxygen atoms in total. The molecule has 1 aliphatic rings. The molecule has 1 aliphatic carbocycles. The minimum absolute atomic E-state index is 0.246. The maximum absolute atomic E-state index is 10.7. The first-order valence-corrected chi connectivity index (χ1v) is 5.28. The zero-order valence-corrected chi connectivity index (χ0v) is 8.52. The SMILES string of the molecule is N#Cc1cccc(CC2CCC2C=O)c1. The van der Waals surface area contributed by atoms with E-state index < -0.39 is 0 Å². The van der Waals surface area contributed by atoms with E-state index in [9.17, 15) is 4.79 Å². The molecule has 0 bridgehead atoms. The number of hydrogen-bond donors (Lipinski definition) is 0. The molecule has 1 fully saturated rings. The average Bonchev–Trinajstić information content (AvgIpc) is 2.25. The fourth-order valence-electron chi connectivity index (χ4n) is 2.10. The van der Waals surface area contributed by atoms with E-state index in [0.717, 1.165) is 25.5 Å². The van der Waals surface area contributed by atoms with Gasteiger partial charge in [0.15, 0.2) is 0 Å². The van der Waals surface area contributed by atoms with Crippen molar-refractivity contribution in [3.8, 4) is 6.07 Å². The summed E-state index contributed by atoms with van der Waals surface area (Å²) >= 11 is 0. The highest BCUT2D eigenvalue weighted by molar-refractivity contribution is 5.55. The van der Waals surface area contributed by atoms with Gasteiger partial charge in [0.05, 0.1) is 11.6 Å². The number of nitriles is 1. The molecule has 0 aromatic heterocycles. The number of nitrogens with zero attached hydrogens (tertiary/aromatic N) is 1. The van der Waals surface area contributed by atoms with Gasteiger partial charge in [-0.2, -0.15) is 5.26 Å². The van der Waals surface area contributed by atoms with Gasteiger partial charge in [0.1, 0.15) is 6.29 Å². The van der Waals surface area contributed by atoms with Gasteiger partial charge in [0, 0.05) is 5.92 Å². The summed E-state index contributed by atoms with van der Waals surface area (Å²) in [6.07, 6.45) is 4.17. The Hall–Kier alpha value is -1.62. The van der Waals surface area contributed by atoms with Crippen molar-refractivity contribution in [1.82, 2.24) is 0 Å². The van der Waals surface area contributed by atoms with Crippen molar-refractivity contribution in [3.63, 3.8) is 0 Å². The summed E-state index contributed by atoms with van der Waals surface area (Å²) in [5, 5.41) is 8.76. The monoisotopic (exact) mass is 199 g/mol. The molecule has 76 valence electrons. The second-order valence-electron chi connectivity index (χ2n) is 4.15. The van der Waals surface area contributed by atoms with E-state index in [0.29, 0.717) is 11.5 Å². The molecule has 0 aliphatic heterocycles. The van der Waals surface area contributed by atoms with Gasteiger partial charge in [0.2, 0.25) is 0 Å². The first-order valence-electron chi connectivity index (χ1n) is 5.28. The van der Waals surface area contributed by atoms with Crippen molar-refractivity contribution < 1.29 is 4.79 Å². The van der Waals surface area contributed by atoms with Crippen LogP contribution in [0.5, 0.6) is 0 Å². The second kappa shape index (κ2) is 4.27. The molecule has 0 radical (unpaired) electrons. The molecule has 0 saturated heterocycles. The largest absolute Gasteiger partial charge is 0.303 e. The lowest BCUT2D eigenvalue weighted by atomic mass is 9.71. The van der Waals surface area contributed by atoms with Crippen molar-refractivity contribution in [1.29, 1.82) is 5.26 Å². The van der Waals surface area contributed by atoms with E-state index in [1.807, 2.05) is 24.3 Å². The molecule has 15 heavy (non-hydrogen) atoms. The maximum atomic E-state index is 10.7. The Labute approximate surface area is 89.5 Å². The molecule has 1 saturated carbocycles. The lowest BCUT2D eigenvalue weighted by Gasteiger charge is -2.32. The van der Waals surface area contributed by atoms with Crippen LogP contribution in [0.15, 0.2) is 24.3 Å². The van der Waals surface area contributed by atoms with Crippen LogP contribution in [0.4, 0.5) is 0 Å². The van der Waals surface area contributed by atoms with Crippen LogP contribution in [-0.4, -0.2) is 6.29 Å². The van der Waals surface area contributed by atoms with Crippen molar-refractivity contribution in [3.05, 3.63) is 35.4 Å². The topological polar surface area (TPSA) is 40.9 Å². The minimum Gasteiger partial charge on any atom is -0.303 e. The molecule has 0 amide bonds.